The van der Waals surface area contributed by atoms with Crippen LogP contribution >= 0.6 is 11.8 Å². The molecule has 0 spiro atoms. The highest BCUT2D eigenvalue weighted by atomic mass is 32.2. The molecule has 0 aliphatic carbocycles. The minimum atomic E-state index is -0.158. The van der Waals surface area contributed by atoms with Crippen molar-refractivity contribution in [3.8, 4) is 0 Å². The smallest absolute Gasteiger partial charge is 0.123 e. The van der Waals surface area contributed by atoms with Crippen molar-refractivity contribution >= 4 is 11.8 Å². The molecule has 0 unspecified atom stereocenters. The van der Waals surface area contributed by atoms with Crippen molar-refractivity contribution in [3.63, 3.8) is 0 Å². The maximum atomic E-state index is 12.8. The number of thioether (sulfide) groups is 1. The van der Waals surface area contributed by atoms with Crippen LogP contribution in [-0.4, -0.2) is 12.3 Å². The number of aryl methyl sites for hydroxylation is 1. The van der Waals surface area contributed by atoms with Gasteiger partial charge < -0.3 is 5.73 Å². The van der Waals surface area contributed by atoms with E-state index in [1.807, 2.05) is 13.0 Å². The summed E-state index contributed by atoms with van der Waals surface area (Å²) < 4.78 is 12.8. The van der Waals surface area contributed by atoms with Gasteiger partial charge >= 0.3 is 0 Å². The topological polar surface area (TPSA) is 26.0 Å². The Balaban J connectivity index is 2.59. The van der Waals surface area contributed by atoms with Crippen LogP contribution in [0, 0.1) is 12.7 Å². The van der Waals surface area contributed by atoms with Gasteiger partial charge in [-0.3, -0.25) is 0 Å². The van der Waals surface area contributed by atoms with Gasteiger partial charge in [0.05, 0.1) is 0 Å². The lowest BCUT2D eigenvalue weighted by atomic mass is 10.1. The molecule has 72 valence electrons. The highest BCUT2D eigenvalue weighted by Gasteiger charge is 1.99. The van der Waals surface area contributed by atoms with E-state index in [2.05, 4.69) is 0 Å². The molecule has 0 fully saturated rings. The van der Waals surface area contributed by atoms with Gasteiger partial charge in [-0.25, -0.2) is 4.39 Å². The van der Waals surface area contributed by atoms with E-state index in [1.165, 1.54) is 6.07 Å². The molecule has 0 saturated heterocycles. The predicted molar refractivity (Wildman–Crippen MR) is 56.4 cm³/mol. The molecule has 0 amide bonds. The van der Waals surface area contributed by atoms with Gasteiger partial charge in [0.2, 0.25) is 0 Å². The van der Waals surface area contributed by atoms with Crippen LogP contribution in [-0.2, 0) is 5.75 Å². The van der Waals surface area contributed by atoms with Gasteiger partial charge in [-0.15, -0.1) is 0 Å². The van der Waals surface area contributed by atoms with Crippen molar-refractivity contribution in [2.24, 2.45) is 5.73 Å². The molecular formula is C10H14FNS. The Hall–Kier alpha value is -0.540. The van der Waals surface area contributed by atoms with Gasteiger partial charge in [0, 0.05) is 18.1 Å². The molecule has 0 aromatic heterocycles. The van der Waals surface area contributed by atoms with E-state index < -0.39 is 0 Å². The van der Waals surface area contributed by atoms with E-state index in [4.69, 9.17) is 5.73 Å². The highest BCUT2D eigenvalue weighted by molar-refractivity contribution is 7.98. The minimum absolute atomic E-state index is 0.158. The van der Waals surface area contributed by atoms with Crippen LogP contribution < -0.4 is 5.73 Å². The normalized spacial score (nSPS) is 10.4. The lowest BCUT2D eigenvalue weighted by molar-refractivity contribution is 0.626. The number of rotatable bonds is 4. The second-order valence-electron chi connectivity index (χ2n) is 2.91. The van der Waals surface area contributed by atoms with Gasteiger partial charge in [-0.1, -0.05) is 6.07 Å². The zero-order chi connectivity index (χ0) is 9.68. The maximum absolute atomic E-state index is 12.8. The first-order chi connectivity index (χ1) is 6.24. The van der Waals surface area contributed by atoms with Crippen molar-refractivity contribution in [1.29, 1.82) is 0 Å². The number of nitrogens with two attached hydrogens (primary N) is 1. The van der Waals surface area contributed by atoms with Crippen LogP contribution in [0.4, 0.5) is 4.39 Å². The zero-order valence-corrected chi connectivity index (χ0v) is 8.53. The summed E-state index contributed by atoms with van der Waals surface area (Å²) in [6.07, 6.45) is 0. The van der Waals surface area contributed by atoms with Crippen LogP contribution in [0.2, 0.25) is 0 Å². The predicted octanol–water partition coefficient (Wildman–Crippen LogP) is 2.33. The van der Waals surface area contributed by atoms with Crippen LogP contribution in [0.3, 0.4) is 0 Å². The molecule has 2 N–H and O–H groups in total. The van der Waals surface area contributed by atoms with Crippen LogP contribution in [0.25, 0.3) is 0 Å². The summed E-state index contributed by atoms with van der Waals surface area (Å²) in [4.78, 5) is 0. The molecule has 0 aliphatic heterocycles. The third-order valence-corrected chi connectivity index (χ3v) is 2.87. The molecule has 1 rings (SSSR count). The molecule has 1 aromatic carbocycles. The Kier molecular flexibility index (Phi) is 4.25. The van der Waals surface area contributed by atoms with Crippen molar-refractivity contribution in [2.45, 2.75) is 12.7 Å². The number of hydrogen-bond donors (Lipinski definition) is 1. The summed E-state index contributed by atoms with van der Waals surface area (Å²) in [5, 5.41) is 0. The molecule has 1 nitrogen and oxygen atoms in total. The van der Waals surface area contributed by atoms with E-state index in [1.54, 1.807) is 17.8 Å². The molecule has 0 saturated carbocycles. The first-order valence-corrected chi connectivity index (χ1v) is 5.42. The number of halogens is 1. The standard InChI is InChI=1S/C10H14FNS/c1-8-2-3-10(11)6-9(8)7-13-5-4-12/h2-3,6H,4-5,7,12H2,1H3. The lowest BCUT2D eigenvalue weighted by Gasteiger charge is -2.04. The minimum Gasteiger partial charge on any atom is -0.330 e. The third kappa shape index (κ3) is 3.36. The zero-order valence-electron chi connectivity index (χ0n) is 7.72. The first kappa shape index (κ1) is 10.5. The number of hydrogen-bond acceptors (Lipinski definition) is 2. The summed E-state index contributed by atoms with van der Waals surface area (Å²) in [5.41, 5.74) is 7.58. The molecule has 1 aromatic rings. The van der Waals surface area contributed by atoms with Crippen molar-refractivity contribution in [1.82, 2.24) is 0 Å². The summed E-state index contributed by atoms with van der Waals surface area (Å²) in [6.45, 7) is 2.68. The van der Waals surface area contributed by atoms with E-state index in [0.29, 0.717) is 6.54 Å². The van der Waals surface area contributed by atoms with Crippen molar-refractivity contribution < 1.29 is 4.39 Å². The fourth-order valence-corrected chi connectivity index (χ4v) is 1.90. The van der Waals surface area contributed by atoms with E-state index in [9.17, 15) is 4.39 Å². The van der Waals surface area contributed by atoms with Crippen LogP contribution in [0.15, 0.2) is 18.2 Å². The average molecular weight is 199 g/mol. The Morgan fingerprint density at radius 2 is 2.23 bits per heavy atom. The van der Waals surface area contributed by atoms with E-state index in [-0.39, 0.29) is 5.82 Å². The van der Waals surface area contributed by atoms with Gasteiger partial charge in [0.25, 0.3) is 0 Å². The van der Waals surface area contributed by atoms with Gasteiger partial charge in [0.15, 0.2) is 0 Å². The second kappa shape index (κ2) is 5.25. The summed E-state index contributed by atoms with van der Waals surface area (Å²) in [7, 11) is 0. The SMILES string of the molecule is Cc1ccc(F)cc1CSCCN. The summed E-state index contributed by atoms with van der Waals surface area (Å²) in [6, 6.07) is 4.90. The largest absolute Gasteiger partial charge is 0.330 e. The van der Waals surface area contributed by atoms with E-state index in [0.717, 1.165) is 22.6 Å². The molecule has 0 radical (unpaired) electrons. The molecule has 0 bridgehead atoms. The van der Waals surface area contributed by atoms with Crippen molar-refractivity contribution in [2.75, 3.05) is 12.3 Å². The molecule has 3 heteroatoms. The second-order valence-corrected chi connectivity index (χ2v) is 4.02. The fourth-order valence-electron chi connectivity index (χ4n) is 1.06. The first-order valence-electron chi connectivity index (χ1n) is 4.27. The van der Waals surface area contributed by atoms with E-state index >= 15 is 0 Å². The van der Waals surface area contributed by atoms with Crippen LogP contribution in [0.1, 0.15) is 11.1 Å². The fraction of sp³-hybridized carbons (Fsp3) is 0.400. The Morgan fingerprint density at radius 1 is 1.46 bits per heavy atom. The van der Waals surface area contributed by atoms with Gasteiger partial charge in [0.1, 0.15) is 5.82 Å². The Morgan fingerprint density at radius 3 is 2.92 bits per heavy atom. The van der Waals surface area contributed by atoms with Gasteiger partial charge in [-0.05, 0) is 30.2 Å². The average Bonchev–Trinajstić information content (AvgIpc) is 2.11. The molecular weight excluding hydrogens is 185 g/mol. The quantitative estimate of drug-likeness (QED) is 0.753. The van der Waals surface area contributed by atoms with Crippen molar-refractivity contribution in [3.05, 3.63) is 35.1 Å². The maximum Gasteiger partial charge on any atom is 0.123 e. The summed E-state index contributed by atoms with van der Waals surface area (Å²) >= 11 is 1.74. The Labute approximate surface area is 82.5 Å². The molecule has 13 heavy (non-hydrogen) atoms. The monoisotopic (exact) mass is 199 g/mol. The van der Waals surface area contributed by atoms with Crippen LogP contribution in [0.5, 0.6) is 0 Å². The third-order valence-electron chi connectivity index (χ3n) is 1.83. The highest BCUT2D eigenvalue weighted by Crippen LogP contribution is 2.16. The Bertz CT molecular complexity index is 276. The number of benzene rings is 1. The summed E-state index contributed by atoms with van der Waals surface area (Å²) in [5.74, 6) is 1.62. The molecule has 0 atom stereocenters. The van der Waals surface area contributed by atoms with Gasteiger partial charge in [-0.2, -0.15) is 11.8 Å². The lowest BCUT2D eigenvalue weighted by Crippen LogP contribution is -2.01. The molecule has 0 aliphatic rings. The molecule has 0 heterocycles.